The highest BCUT2D eigenvalue weighted by atomic mass is 32.2. The first-order chi connectivity index (χ1) is 13.2. The van der Waals surface area contributed by atoms with E-state index in [1.165, 1.54) is 30.5 Å². The summed E-state index contributed by atoms with van der Waals surface area (Å²) in [6.45, 7) is 0.641. The van der Waals surface area contributed by atoms with Crippen LogP contribution in [0.15, 0.2) is 30.6 Å². The van der Waals surface area contributed by atoms with E-state index in [9.17, 15) is 17.2 Å². The number of benzene rings is 1. The Morgan fingerprint density at radius 3 is 2.75 bits per heavy atom. The number of hydrogen-bond donors (Lipinski definition) is 0. The average molecular weight is 415 g/mol. The van der Waals surface area contributed by atoms with Gasteiger partial charge in [-0.3, -0.25) is 0 Å². The van der Waals surface area contributed by atoms with Gasteiger partial charge in [0.2, 0.25) is 10.0 Å². The Bertz CT molecular complexity index is 992. The monoisotopic (exact) mass is 415 g/mol. The van der Waals surface area contributed by atoms with Gasteiger partial charge in [-0.2, -0.15) is 0 Å². The average Bonchev–Trinajstić information content (AvgIpc) is 3.29. The summed E-state index contributed by atoms with van der Waals surface area (Å²) >= 11 is 0. The molecule has 1 aromatic heterocycles. The van der Waals surface area contributed by atoms with Gasteiger partial charge in [0.25, 0.3) is 0 Å². The second-order valence-corrected chi connectivity index (χ2v) is 9.14. The van der Waals surface area contributed by atoms with Crippen LogP contribution in [0.5, 0.6) is 11.5 Å². The molecule has 1 fully saturated rings. The Morgan fingerprint density at radius 2 is 2.00 bits per heavy atom. The number of fused-ring (bicyclic) bond motifs is 1. The molecule has 1 saturated heterocycles. The Morgan fingerprint density at radius 1 is 1.25 bits per heavy atom. The Hall–Kier alpha value is -2.24. The molecule has 2 aromatic rings. The molecule has 28 heavy (non-hydrogen) atoms. The van der Waals surface area contributed by atoms with Gasteiger partial charge in [-0.1, -0.05) is 0 Å². The van der Waals surface area contributed by atoms with Crippen LogP contribution in [-0.2, 0) is 14.8 Å². The number of aromatic nitrogens is 2. The van der Waals surface area contributed by atoms with Crippen LogP contribution in [0.4, 0.5) is 8.78 Å². The Kier molecular flexibility index (Phi) is 4.55. The number of hydrogen-bond acceptors (Lipinski definition) is 6. The van der Waals surface area contributed by atoms with Gasteiger partial charge in [-0.25, -0.2) is 17.7 Å². The number of halogens is 2. The molecule has 0 aliphatic carbocycles. The van der Waals surface area contributed by atoms with Gasteiger partial charge in [-0.05, 0) is 18.2 Å². The number of alkyl halides is 2. The summed E-state index contributed by atoms with van der Waals surface area (Å²) in [5.74, 6) is 0.0517. The number of nitrogens with zero attached hydrogens (tertiary/aromatic N) is 3. The number of sulfonamides is 1. The first-order valence-corrected chi connectivity index (χ1v) is 10.2. The lowest BCUT2D eigenvalue weighted by Crippen LogP contribution is -2.32. The molecule has 0 saturated carbocycles. The zero-order valence-corrected chi connectivity index (χ0v) is 16.0. The first kappa shape index (κ1) is 19.1. The summed E-state index contributed by atoms with van der Waals surface area (Å²) < 4.78 is 68.6. The zero-order valence-electron chi connectivity index (χ0n) is 15.2. The van der Waals surface area contributed by atoms with Crippen LogP contribution in [0.3, 0.4) is 0 Å². The van der Waals surface area contributed by atoms with E-state index in [1.807, 2.05) is 4.57 Å². The van der Waals surface area contributed by atoms with Gasteiger partial charge in [0.1, 0.15) is 5.82 Å². The van der Waals surface area contributed by atoms with Crippen molar-refractivity contribution in [2.45, 2.75) is 12.3 Å². The van der Waals surface area contributed by atoms with Crippen molar-refractivity contribution in [3.8, 4) is 22.9 Å². The summed E-state index contributed by atoms with van der Waals surface area (Å²) in [7, 11) is -0.422. The van der Waals surface area contributed by atoms with Crippen molar-refractivity contribution in [2.75, 3.05) is 33.1 Å². The third-order valence-electron chi connectivity index (χ3n) is 4.83. The molecule has 2 aliphatic heterocycles. The van der Waals surface area contributed by atoms with E-state index in [2.05, 4.69) is 14.5 Å². The molecule has 152 valence electrons. The molecule has 1 aromatic carbocycles. The van der Waals surface area contributed by atoms with Crippen LogP contribution < -0.4 is 9.47 Å². The highest BCUT2D eigenvalue weighted by Crippen LogP contribution is 2.43. The molecule has 2 atom stereocenters. The lowest BCUT2D eigenvalue weighted by molar-refractivity contribution is -0.286. The van der Waals surface area contributed by atoms with E-state index in [-0.39, 0.29) is 29.2 Å². The normalized spacial score (nSPS) is 23.5. The lowest BCUT2D eigenvalue weighted by atomic mass is 10.1. The quantitative estimate of drug-likeness (QED) is 0.743. The van der Waals surface area contributed by atoms with Crippen molar-refractivity contribution < 1.29 is 31.4 Å². The van der Waals surface area contributed by atoms with Crippen molar-refractivity contribution in [2.24, 2.45) is 5.92 Å². The van der Waals surface area contributed by atoms with E-state index < -0.39 is 16.3 Å². The molecule has 0 bridgehead atoms. The summed E-state index contributed by atoms with van der Waals surface area (Å²) in [5, 5.41) is 0. The third kappa shape index (κ3) is 3.45. The highest BCUT2D eigenvalue weighted by Gasteiger charge is 2.43. The Labute approximate surface area is 160 Å². The minimum Gasteiger partial charge on any atom is -0.395 e. The van der Waals surface area contributed by atoms with Gasteiger partial charge >= 0.3 is 6.29 Å². The summed E-state index contributed by atoms with van der Waals surface area (Å²) in [5.41, 5.74) is 0.547. The van der Waals surface area contributed by atoms with Crippen LogP contribution in [0, 0.1) is 5.92 Å². The van der Waals surface area contributed by atoms with Crippen LogP contribution in [-0.4, -0.2) is 61.6 Å². The predicted octanol–water partition coefficient (Wildman–Crippen LogP) is 1.95. The largest absolute Gasteiger partial charge is 0.586 e. The molecule has 2 aliphatic rings. The SMILES string of the molecule is CN(C)S(=O)(=O)C[C@H]1COC[C@H]1n1ccnc1-c1ccc2c(c1)OC(F)(F)O2. The predicted molar refractivity (Wildman–Crippen MR) is 94.7 cm³/mol. The van der Waals surface area contributed by atoms with Crippen LogP contribution in [0.25, 0.3) is 11.4 Å². The Balaban J connectivity index is 1.63. The zero-order chi connectivity index (χ0) is 20.1. The van der Waals surface area contributed by atoms with Crippen molar-refractivity contribution in [3.63, 3.8) is 0 Å². The highest BCUT2D eigenvalue weighted by molar-refractivity contribution is 7.89. The fourth-order valence-electron chi connectivity index (χ4n) is 3.37. The van der Waals surface area contributed by atoms with Gasteiger partial charge in [0.15, 0.2) is 11.5 Å². The maximum absolute atomic E-state index is 13.3. The van der Waals surface area contributed by atoms with Crippen molar-refractivity contribution in [1.29, 1.82) is 0 Å². The van der Waals surface area contributed by atoms with E-state index in [4.69, 9.17) is 4.74 Å². The standard InChI is InChI=1S/C17H19F2N3O5S/c1-21(2)28(23,24)10-12-8-25-9-13(12)22-6-5-20-16(22)11-3-4-14-15(7-11)27-17(18,19)26-14/h3-7,12-13H,8-10H2,1-2H3/t12-,13-/m1/s1. The minimum absolute atomic E-state index is 0.0500. The van der Waals surface area contributed by atoms with Gasteiger partial charge in [0.05, 0.1) is 25.0 Å². The van der Waals surface area contributed by atoms with Crippen LogP contribution in [0.2, 0.25) is 0 Å². The van der Waals surface area contributed by atoms with Crippen molar-refractivity contribution >= 4 is 10.0 Å². The van der Waals surface area contributed by atoms with Crippen LogP contribution >= 0.6 is 0 Å². The van der Waals surface area contributed by atoms with Gasteiger partial charge in [0, 0.05) is 38.0 Å². The minimum atomic E-state index is -3.69. The second kappa shape index (κ2) is 6.68. The molecule has 0 radical (unpaired) electrons. The maximum atomic E-state index is 13.3. The number of rotatable bonds is 5. The first-order valence-electron chi connectivity index (χ1n) is 8.57. The fourth-order valence-corrected chi connectivity index (χ4v) is 4.52. The molecule has 3 heterocycles. The molecule has 0 spiro atoms. The molecule has 0 N–H and O–H groups in total. The topological polar surface area (TPSA) is 82.9 Å². The molecule has 4 rings (SSSR count). The molecule has 0 unspecified atom stereocenters. The summed E-state index contributed by atoms with van der Waals surface area (Å²) in [6.07, 6.45) is -0.394. The molecular weight excluding hydrogens is 396 g/mol. The second-order valence-electron chi connectivity index (χ2n) is 6.91. The summed E-state index contributed by atoms with van der Waals surface area (Å²) in [4.78, 5) is 4.32. The van der Waals surface area contributed by atoms with E-state index >= 15 is 0 Å². The molecule has 11 heteroatoms. The van der Waals surface area contributed by atoms with Gasteiger partial charge in [-0.15, -0.1) is 8.78 Å². The third-order valence-corrected chi connectivity index (χ3v) is 6.79. The van der Waals surface area contributed by atoms with E-state index in [0.29, 0.717) is 24.6 Å². The van der Waals surface area contributed by atoms with Crippen molar-refractivity contribution in [1.82, 2.24) is 13.9 Å². The smallest absolute Gasteiger partial charge is 0.395 e. The van der Waals surface area contributed by atoms with E-state index in [1.54, 1.807) is 18.5 Å². The fraction of sp³-hybridized carbons (Fsp3) is 0.471. The molecule has 8 nitrogen and oxygen atoms in total. The summed E-state index contributed by atoms with van der Waals surface area (Å²) in [6, 6.07) is 4.17. The molecular formula is C17H19F2N3O5S. The number of imidazole rings is 1. The van der Waals surface area contributed by atoms with Crippen molar-refractivity contribution in [3.05, 3.63) is 30.6 Å². The van der Waals surface area contributed by atoms with Crippen LogP contribution in [0.1, 0.15) is 6.04 Å². The van der Waals surface area contributed by atoms with E-state index in [0.717, 1.165) is 0 Å². The number of ether oxygens (including phenoxy) is 3. The maximum Gasteiger partial charge on any atom is 0.586 e. The van der Waals surface area contributed by atoms with Gasteiger partial charge < -0.3 is 18.8 Å². The molecule has 0 amide bonds. The lowest BCUT2D eigenvalue weighted by Gasteiger charge is -2.22.